The minimum absolute atomic E-state index is 0.0265. The van der Waals surface area contributed by atoms with Crippen LogP contribution in [0.1, 0.15) is 36.8 Å². The highest BCUT2D eigenvalue weighted by molar-refractivity contribution is 5.82. The third kappa shape index (κ3) is 3.42. The van der Waals surface area contributed by atoms with Gasteiger partial charge in [-0.1, -0.05) is 12.1 Å². The van der Waals surface area contributed by atoms with Gasteiger partial charge in [0.15, 0.2) is 0 Å². The zero-order valence-corrected chi connectivity index (χ0v) is 13.3. The molecule has 7 heteroatoms. The van der Waals surface area contributed by atoms with Crippen LogP contribution in [0.25, 0.3) is 0 Å². The first kappa shape index (κ1) is 17.2. The summed E-state index contributed by atoms with van der Waals surface area (Å²) >= 11 is 0. The molecule has 1 amide bonds. The molecule has 4 nitrogen and oxygen atoms in total. The molecular weight excluding hydrogens is 321 g/mol. The van der Waals surface area contributed by atoms with E-state index in [9.17, 15) is 23.1 Å². The van der Waals surface area contributed by atoms with Gasteiger partial charge in [-0.3, -0.25) is 4.79 Å². The summed E-state index contributed by atoms with van der Waals surface area (Å²) in [6.07, 6.45) is -2.16. The quantitative estimate of drug-likeness (QED) is 0.867. The predicted molar refractivity (Wildman–Crippen MR) is 82.2 cm³/mol. The van der Waals surface area contributed by atoms with Crippen molar-refractivity contribution in [3.63, 3.8) is 0 Å². The summed E-state index contributed by atoms with van der Waals surface area (Å²) in [6.45, 7) is 1.53. The van der Waals surface area contributed by atoms with Crippen LogP contribution in [0, 0.1) is 0 Å². The van der Waals surface area contributed by atoms with Crippen LogP contribution in [0.15, 0.2) is 24.3 Å². The highest BCUT2D eigenvalue weighted by atomic mass is 19.4. The van der Waals surface area contributed by atoms with Gasteiger partial charge in [0.1, 0.15) is 0 Å². The molecule has 2 aliphatic rings. The maximum Gasteiger partial charge on any atom is 0.416 e. The maximum atomic E-state index is 12.9. The summed E-state index contributed by atoms with van der Waals surface area (Å²) in [5, 5.41) is 13.9. The van der Waals surface area contributed by atoms with Crippen LogP contribution in [0.5, 0.6) is 0 Å². The third-order valence-electron chi connectivity index (χ3n) is 4.99. The summed E-state index contributed by atoms with van der Waals surface area (Å²) in [5.41, 5.74) is -1.81. The van der Waals surface area contributed by atoms with Crippen LogP contribution < -0.4 is 5.32 Å². The monoisotopic (exact) mass is 342 g/mol. The lowest BCUT2D eigenvalue weighted by Crippen LogP contribution is -2.50. The summed E-state index contributed by atoms with van der Waals surface area (Å²) in [6, 6.07) is 4.68. The highest BCUT2D eigenvalue weighted by Gasteiger charge is 2.39. The molecule has 1 aromatic carbocycles. The van der Waals surface area contributed by atoms with Crippen molar-refractivity contribution in [2.24, 2.45) is 0 Å². The van der Waals surface area contributed by atoms with Crippen molar-refractivity contribution >= 4 is 5.91 Å². The van der Waals surface area contributed by atoms with E-state index in [1.165, 1.54) is 12.1 Å². The van der Waals surface area contributed by atoms with Gasteiger partial charge in [0, 0.05) is 13.1 Å². The number of alkyl halides is 3. The Balaban J connectivity index is 1.69. The van der Waals surface area contributed by atoms with E-state index in [0.29, 0.717) is 13.1 Å². The van der Waals surface area contributed by atoms with Crippen molar-refractivity contribution < 1.29 is 23.1 Å². The molecule has 0 spiro atoms. The van der Waals surface area contributed by atoms with Crippen LogP contribution in [-0.4, -0.2) is 41.6 Å². The van der Waals surface area contributed by atoms with E-state index in [1.807, 2.05) is 0 Å². The second kappa shape index (κ2) is 6.37. The number of piperidine rings is 1. The van der Waals surface area contributed by atoms with Gasteiger partial charge in [-0.25, -0.2) is 0 Å². The van der Waals surface area contributed by atoms with Crippen molar-refractivity contribution in [3.05, 3.63) is 35.4 Å². The van der Waals surface area contributed by atoms with E-state index in [2.05, 4.69) is 5.32 Å². The van der Waals surface area contributed by atoms with Crippen molar-refractivity contribution in [2.45, 2.75) is 43.5 Å². The second-order valence-electron chi connectivity index (χ2n) is 6.58. The fourth-order valence-corrected chi connectivity index (χ4v) is 3.49. The first-order valence-corrected chi connectivity index (χ1v) is 8.22. The van der Waals surface area contributed by atoms with E-state index >= 15 is 0 Å². The molecular formula is C17H21F3N2O2. The molecule has 1 unspecified atom stereocenters. The number of benzene rings is 1. The Kier molecular flexibility index (Phi) is 4.57. The molecule has 132 valence electrons. The molecule has 2 heterocycles. The average molecular weight is 342 g/mol. The van der Waals surface area contributed by atoms with Crippen LogP contribution in [-0.2, 0) is 16.6 Å². The zero-order valence-electron chi connectivity index (χ0n) is 13.3. The first-order valence-electron chi connectivity index (χ1n) is 8.22. The number of amides is 1. The van der Waals surface area contributed by atoms with Crippen molar-refractivity contribution in [2.75, 3.05) is 19.6 Å². The number of carbonyl (C=O) groups is 1. The third-order valence-corrected chi connectivity index (χ3v) is 4.99. The Morgan fingerprint density at radius 2 is 2.00 bits per heavy atom. The number of likely N-dealkylation sites (tertiary alicyclic amines) is 1. The largest absolute Gasteiger partial charge is 0.416 e. The molecule has 2 saturated heterocycles. The van der Waals surface area contributed by atoms with Gasteiger partial charge in [0.2, 0.25) is 5.91 Å². The van der Waals surface area contributed by atoms with E-state index in [1.54, 1.807) is 4.90 Å². The van der Waals surface area contributed by atoms with Crippen LogP contribution in [0.3, 0.4) is 0 Å². The molecule has 0 aromatic heterocycles. The highest BCUT2D eigenvalue weighted by Crippen LogP contribution is 2.36. The summed E-state index contributed by atoms with van der Waals surface area (Å²) in [4.78, 5) is 14.1. The predicted octanol–water partition coefficient (Wildman–Crippen LogP) is 2.27. The molecule has 1 atom stereocenters. The molecule has 24 heavy (non-hydrogen) atoms. The maximum absolute atomic E-state index is 12.9. The van der Waals surface area contributed by atoms with Crippen molar-refractivity contribution in [1.82, 2.24) is 10.2 Å². The van der Waals surface area contributed by atoms with Gasteiger partial charge in [0.05, 0.1) is 17.2 Å². The normalized spacial score (nSPS) is 24.2. The van der Waals surface area contributed by atoms with Gasteiger partial charge >= 0.3 is 6.18 Å². The second-order valence-corrected chi connectivity index (χ2v) is 6.58. The number of halogens is 3. The van der Waals surface area contributed by atoms with Gasteiger partial charge < -0.3 is 15.3 Å². The molecule has 0 radical (unpaired) electrons. The van der Waals surface area contributed by atoms with Gasteiger partial charge in [-0.2, -0.15) is 13.2 Å². The Labute approximate surface area is 138 Å². The molecule has 2 aliphatic heterocycles. The number of hydrogen-bond acceptors (Lipinski definition) is 3. The fourth-order valence-electron chi connectivity index (χ4n) is 3.49. The Morgan fingerprint density at radius 1 is 1.29 bits per heavy atom. The number of nitrogens with one attached hydrogen (secondary N) is 1. The standard InChI is InChI=1S/C17H21F3N2O2/c18-17(19,20)13-4-1-3-12(11-13)16(24)6-9-22(10-7-16)15(23)14-5-2-8-21-14/h1,3-4,11,14,21,24H,2,5-10H2. The van der Waals surface area contributed by atoms with Gasteiger partial charge in [0.25, 0.3) is 0 Å². The Bertz CT molecular complexity index is 604. The lowest BCUT2D eigenvalue weighted by Gasteiger charge is -2.39. The SMILES string of the molecule is O=C(C1CCCN1)N1CCC(O)(c2cccc(C(F)(F)F)c2)CC1. The molecule has 3 rings (SSSR count). The summed E-state index contributed by atoms with van der Waals surface area (Å²) < 4.78 is 38.6. The number of hydrogen-bond donors (Lipinski definition) is 2. The molecule has 2 fully saturated rings. The van der Waals surface area contributed by atoms with E-state index in [-0.39, 0.29) is 30.4 Å². The molecule has 1 aromatic rings. The summed E-state index contributed by atoms with van der Waals surface area (Å²) in [5.74, 6) is 0.0265. The zero-order chi connectivity index (χ0) is 17.4. The minimum Gasteiger partial charge on any atom is -0.385 e. The first-order chi connectivity index (χ1) is 11.3. The number of nitrogens with zero attached hydrogens (tertiary/aromatic N) is 1. The molecule has 0 bridgehead atoms. The van der Waals surface area contributed by atoms with Crippen molar-refractivity contribution in [1.29, 1.82) is 0 Å². The topological polar surface area (TPSA) is 52.6 Å². The fraction of sp³-hybridized carbons (Fsp3) is 0.588. The smallest absolute Gasteiger partial charge is 0.385 e. The average Bonchev–Trinajstić information content (AvgIpc) is 3.09. The number of rotatable bonds is 2. The molecule has 0 aliphatic carbocycles. The molecule has 0 saturated carbocycles. The number of aliphatic hydroxyl groups is 1. The Morgan fingerprint density at radius 3 is 2.58 bits per heavy atom. The van der Waals surface area contributed by atoms with E-state index in [0.717, 1.165) is 31.5 Å². The summed E-state index contributed by atoms with van der Waals surface area (Å²) in [7, 11) is 0. The van der Waals surface area contributed by atoms with Crippen LogP contribution >= 0.6 is 0 Å². The van der Waals surface area contributed by atoms with Crippen LogP contribution in [0.2, 0.25) is 0 Å². The lowest BCUT2D eigenvalue weighted by atomic mass is 9.83. The number of carbonyl (C=O) groups excluding carboxylic acids is 1. The Hall–Kier alpha value is -1.60. The molecule has 2 N–H and O–H groups in total. The van der Waals surface area contributed by atoms with Gasteiger partial charge in [-0.15, -0.1) is 0 Å². The lowest BCUT2D eigenvalue weighted by molar-refractivity contribution is -0.138. The van der Waals surface area contributed by atoms with E-state index in [4.69, 9.17) is 0 Å². The van der Waals surface area contributed by atoms with E-state index < -0.39 is 17.3 Å². The van der Waals surface area contributed by atoms with Crippen LogP contribution in [0.4, 0.5) is 13.2 Å². The minimum atomic E-state index is -4.43. The van der Waals surface area contributed by atoms with Gasteiger partial charge in [-0.05, 0) is 49.9 Å². The van der Waals surface area contributed by atoms with Crippen molar-refractivity contribution in [3.8, 4) is 0 Å².